The van der Waals surface area contributed by atoms with Crippen LogP contribution in [0.25, 0.3) is 16.3 Å². The summed E-state index contributed by atoms with van der Waals surface area (Å²) in [6.45, 7) is 0.784. The number of carboxylic acids is 2. The minimum atomic E-state index is -1.06. The number of allylic oxidation sites excluding steroid dienone is 6. The molecule has 1 aliphatic rings. The number of nitrogens with zero attached hydrogens (tertiary/aromatic N) is 2. The van der Waals surface area contributed by atoms with Crippen LogP contribution in [0.2, 0.25) is 0 Å². The van der Waals surface area contributed by atoms with E-state index in [0.717, 1.165) is 30.8 Å². The summed E-state index contributed by atoms with van der Waals surface area (Å²) >= 11 is 3.24. The smallest absolute Gasteiger partial charge is 0.305 e. The van der Waals surface area contributed by atoms with Crippen molar-refractivity contribution in [1.29, 1.82) is 0 Å². The number of thiazole rings is 1. The van der Waals surface area contributed by atoms with Gasteiger partial charge >= 0.3 is 5.97 Å². The Morgan fingerprint density at radius 1 is 0.971 bits per heavy atom. The minimum absolute atomic E-state index is 0.0369. The average Bonchev–Trinajstić information content (AvgIpc) is 3.38. The molecule has 4 rings (SSSR count). The van der Waals surface area contributed by atoms with E-state index in [4.69, 9.17) is 5.11 Å². The Balaban J connectivity index is 1.43. The van der Waals surface area contributed by atoms with E-state index in [1.165, 1.54) is 0 Å². The van der Waals surface area contributed by atoms with Gasteiger partial charge in [-0.05, 0) is 24.3 Å². The maximum atomic E-state index is 11.1. The van der Waals surface area contributed by atoms with Crippen molar-refractivity contribution < 1.29 is 24.4 Å². The molecule has 6 nitrogen and oxygen atoms in total. The maximum absolute atomic E-state index is 11.1. The molecule has 2 heterocycles. The van der Waals surface area contributed by atoms with Gasteiger partial charge in [0.25, 0.3) is 5.01 Å². The molecule has 0 bridgehead atoms. The fourth-order valence-electron chi connectivity index (χ4n) is 3.69. The summed E-state index contributed by atoms with van der Waals surface area (Å²) in [5, 5.41) is 22.0. The number of aliphatic carboxylic acids is 2. The van der Waals surface area contributed by atoms with Gasteiger partial charge in [0, 0.05) is 36.0 Å². The number of benzene rings is 2. The molecule has 35 heavy (non-hydrogen) atoms. The maximum Gasteiger partial charge on any atom is 0.305 e. The Labute approximate surface area is 211 Å². The largest absolute Gasteiger partial charge is 0.550 e. The number of hydrogen-bond acceptors (Lipinski definition) is 6. The van der Waals surface area contributed by atoms with Crippen LogP contribution in [0.4, 0.5) is 5.69 Å². The summed E-state index contributed by atoms with van der Waals surface area (Å²) in [5.41, 5.74) is 2.05. The van der Waals surface area contributed by atoms with Gasteiger partial charge in [0.05, 0.1) is 17.1 Å². The molecule has 0 amide bonds. The zero-order chi connectivity index (χ0) is 24.6. The van der Waals surface area contributed by atoms with Crippen LogP contribution in [-0.2, 0) is 16.1 Å². The molecule has 1 aromatic heterocycles. The van der Waals surface area contributed by atoms with Gasteiger partial charge in [-0.1, -0.05) is 77.7 Å². The van der Waals surface area contributed by atoms with Crippen LogP contribution in [0.3, 0.4) is 0 Å². The topological polar surface area (TPSA) is 84.5 Å². The van der Waals surface area contributed by atoms with Gasteiger partial charge in [-0.15, -0.1) is 0 Å². The summed E-state index contributed by atoms with van der Waals surface area (Å²) in [5.74, 6) is -1.88. The third-order valence-electron chi connectivity index (χ3n) is 5.28. The molecule has 0 saturated carbocycles. The lowest BCUT2D eigenvalue weighted by molar-refractivity contribution is -0.668. The number of fused-ring (bicyclic) bond motifs is 2. The Morgan fingerprint density at radius 3 is 2.54 bits per heavy atom. The second-order valence-corrected chi connectivity index (χ2v) is 9.81. The third-order valence-corrected chi connectivity index (χ3v) is 7.55. The highest BCUT2D eigenvalue weighted by atomic mass is 32.2. The molecule has 0 saturated heterocycles. The van der Waals surface area contributed by atoms with E-state index in [1.54, 1.807) is 23.1 Å². The second kappa shape index (κ2) is 11.7. The number of aryl methyl sites for hydroxylation is 1. The van der Waals surface area contributed by atoms with Gasteiger partial charge in [0.2, 0.25) is 5.52 Å². The van der Waals surface area contributed by atoms with E-state index in [9.17, 15) is 14.7 Å². The Morgan fingerprint density at radius 2 is 1.71 bits per heavy atom. The number of hydrogen-bond donors (Lipinski definition) is 1. The Bertz CT molecular complexity index is 1350. The van der Waals surface area contributed by atoms with Crippen molar-refractivity contribution in [2.24, 2.45) is 0 Å². The highest BCUT2D eigenvalue weighted by Gasteiger charge is 2.24. The van der Waals surface area contributed by atoms with Crippen LogP contribution in [-0.4, -0.2) is 23.6 Å². The first-order valence-corrected chi connectivity index (χ1v) is 12.8. The normalized spacial score (nSPS) is 14.7. The van der Waals surface area contributed by atoms with Gasteiger partial charge in [-0.2, -0.15) is 4.57 Å². The number of carbonyl (C=O) groups is 2. The first-order chi connectivity index (χ1) is 17.0. The van der Waals surface area contributed by atoms with Crippen LogP contribution in [0.1, 0.15) is 17.8 Å². The summed E-state index contributed by atoms with van der Waals surface area (Å²) in [4.78, 5) is 25.2. The number of carbonyl (C=O) groups excluding carboxylic acids is 1. The number of para-hydroxylation sites is 2. The van der Waals surface area contributed by atoms with Gasteiger partial charge < -0.3 is 19.9 Å². The molecular weight excluding hydrogens is 480 g/mol. The lowest BCUT2D eigenvalue weighted by atomic mass is 10.2. The van der Waals surface area contributed by atoms with Crippen LogP contribution in [0.5, 0.6) is 0 Å². The predicted molar refractivity (Wildman–Crippen MR) is 139 cm³/mol. The van der Waals surface area contributed by atoms with Crippen molar-refractivity contribution in [1.82, 2.24) is 0 Å². The zero-order valence-corrected chi connectivity index (χ0v) is 20.5. The molecule has 1 N–H and O–H groups in total. The van der Waals surface area contributed by atoms with Crippen molar-refractivity contribution in [3.8, 4) is 0 Å². The lowest BCUT2D eigenvalue weighted by Gasteiger charge is -2.19. The van der Waals surface area contributed by atoms with Gasteiger partial charge in [-0.3, -0.25) is 4.79 Å². The number of aromatic nitrogens is 1. The summed E-state index contributed by atoms with van der Waals surface area (Å²) in [6.07, 6.45) is 13.6. The predicted octanol–water partition coefficient (Wildman–Crippen LogP) is 4.38. The first-order valence-electron chi connectivity index (χ1n) is 11.1. The van der Waals surface area contributed by atoms with E-state index < -0.39 is 11.9 Å². The molecule has 8 heteroatoms. The SMILES string of the molecule is O=C([O-])CC[n+]1c(/C=C/C=C/C=C/C=C2\Sc3ccccc3N2CCC(=O)O)sc2ccccc21. The van der Waals surface area contributed by atoms with Gasteiger partial charge in [0.15, 0.2) is 6.54 Å². The van der Waals surface area contributed by atoms with Crippen molar-refractivity contribution in [2.75, 3.05) is 11.4 Å². The zero-order valence-electron chi connectivity index (χ0n) is 18.9. The highest BCUT2D eigenvalue weighted by molar-refractivity contribution is 8.03. The quantitative estimate of drug-likeness (QED) is 0.326. The number of anilines is 1. The van der Waals surface area contributed by atoms with Crippen LogP contribution < -0.4 is 14.6 Å². The number of thioether (sulfide) groups is 1. The fourth-order valence-corrected chi connectivity index (χ4v) is 5.90. The van der Waals surface area contributed by atoms with Crippen molar-refractivity contribution in [3.05, 3.63) is 95.0 Å². The van der Waals surface area contributed by atoms with Gasteiger partial charge in [-0.25, -0.2) is 0 Å². The fraction of sp³-hybridized carbons (Fsp3) is 0.148. The van der Waals surface area contributed by atoms with E-state index in [-0.39, 0.29) is 12.8 Å². The Kier molecular flexibility index (Phi) is 8.18. The van der Waals surface area contributed by atoms with E-state index in [0.29, 0.717) is 13.1 Å². The molecule has 0 atom stereocenters. The second-order valence-electron chi connectivity index (χ2n) is 7.68. The van der Waals surface area contributed by atoms with Crippen molar-refractivity contribution in [3.63, 3.8) is 0 Å². The first kappa shape index (κ1) is 24.5. The summed E-state index contributed by atoms with van der Waals surface area (Å²) in [6, 6.07) is 15.9. The molecular formula is C27H24N2O4S2. The molecule has 1 aliphatic heterocycles. The van der Waals surface area contributed by atoms with Gasteiger partial charge in [0.1, 0.15) is 4.70 Å². The molecule has 0 unspecified atom stereocenters. The highest BCUT2D eigenvalue weighted by Crippen LogP contribution is 2.45. The molecule has 0 spiro atoms. The minimum Gasteiger partial charge on any atom is -0.550 e. The summed E-state index contributed by atoms with van der Waals surface area (Å²) < 4.78 is 3.10. The molecule has 0 aliphatic carbocycles. The standard InChI is InChI=1S/C27H24N2O4S2/c30-26(31)16-18-28-20-10-6-8-12-22(20)34-24(28)14-4-2-1-3-5-15-25-29(19-17-27(32)33)21-11-7-9-13-23(21)35-25/h1-15H,16-19H2,(H-,30,31,32,33). The molecule has 2 aromatic carbocycles. The van der Waals surface area contributed by atoms with Crippen LogP contribution in [0, 0.1) is 0 Å². The summed E-state index contributed by atoms with van der Waals surface area (Å²) in [7, 11) is 0. The van der Waals surface area contributed by atoms with E-state index in [1.807, 2.05) is 101 Å². The lowest BCUT2D eigenvalue weighted by Crippen LogP contribution is -2.38. The monoisotopic (exact) mass is 504 g/mol. The third kappa shape index (κ3) is 6.29. The molecule has 3 aromatic rings. The van der Waals surface area contributed by atoms with Crippen molar-refractivity contribution >= 4 is 57.0 Å². The van der Waals surface area contributed by atoms with Crippen LogP contribution in [0.15, 0.2) is 94.9 Å². The van der Waals surface area contributed by atoms with E-state index >= 15 is 0 Å². The average molecular weight is 505 g/mol. The van der Waals surface area contributed by atoms with E-state index in [2.05, 4.69) is 0 Å². The number of rotatable bonds is 10. The number of carboxylic acid groups (broad SMARTS) is 2. The van der Waals surface area contributed by atoms with Crippen molar-refractivity contribution in [2.45, 2.75) is 24.3 Å². The van der Waals surface area contributed by atoms with Crippen LogP contribution >= 0.6 is 23.1 Å². The molecule has 0 fully saturated rings. The Hall–Kier alpha value is -3.62. The molecule has 178 valence electrons. The molecule has 0 radical (unpaired) electrons.